The molecular weight excluding hydrogens is 324 g/mol. The molecule has 1 amide bonds. The zero-order chi connectivity index (χ0) is 16.9. The van der Waals surface area contributed by atoms with Gasteiger partial charge in [0.1, 0.15) is 5.76 Å². The van der Waals surface area contributed by atoms with Crippen molar-refractivity contribution in [2.75, 3.05) is 13.1 Å². The summed E-state index contributed by atoms with van der Waals surface area (Å²) in [6, 6.07) is 3.88. The maximum absolute atomic E-state index is 12.5. The van der Waals surface area contributed by atoms with E-state index in [9.17, 15) is 4.79 Å². The number of nitrogens with one attached hydrogen (secondary N) is 1. The largest absolute Gasteiger partial charge is 0.468 e. The van der Waals surface area contributed by atoms with Crippen LogP contribution in [0.2, 0.25) is 0 Å². The highest BCUT2D eigenvalue weighted by Gasteiger charge is 2.26. The highest BCUT2D eigenvalue weighted by Crippen LogP contribution is 2.21. The van der Waals surface area contributed by atoms with Crippen molar-refractivity contribution in [3.63, 3.8) is 0 Å². The van der Waals surface area contributed by atoms with Gasteiger partial charge in [0.05, 0.1) is 35.8 Å². The molecular formula is C17H24N4O2S. The number of nitrogens with zero attached hydrogens (tertiary/aromatic N) is 3. The Balaban J connectivity index is 1.51. The second-order valence-electron chi connectivity index (χ2n) is 6.61. The van der Waals surface area contributed by atoms with Gasteiger partial charge in [0.25, 0.3) is 0 Å². The lowest BCUT2D eigenvalue weighted by Gasteiger charge is -2.31. The molecule has 1 fully saturated rings. The van der Waals surface area contributed by atoms with Crippen molar-refractivity contribution in [1.29, 1.82) is 0 Å². The molecule has 2 aromatic rings. The molecule has 130 valence electrons. The van der Waals surface area contributed by atoms with Gasteiger partial charge in [-0.15, -0.1) is 5.10 Å². The SMILES string of the molecule is CC(C)c1nnsc1CNC(=O)[C@H]1CCCN(Cc2ccco2)C1. The minimum Gasteiger partial charge on any atom is -0.468 e. The zero-order valence-electron chi connectivity index (χ0n) is 14.2. The van der Waals surface area contributed by atoms with Gasteiger partial charge in [-0.05, 0) is 49.0 Å². The minimum atomic E-state index is 0.0390. The number of furan rings is 1. The second-order valence-corrected chi connectivity index (χ2v) is 7.45. The first-order valence-electron chi connectivity index (χ1n) is 8.47. The predicted octanol–water partition coefficient (Wildman–Crippen LogP) is 2.78. The van der Waals surface area contributed by atoms with Crippen molar-refractivity contribution in [1.82, 2.24) is 19.8 Å². The van der Waals surface area contributed by atoms with Crippen LogP contribution < -0.4 is 5.32 Å². The van der Waals surface area contributed by atoms with E-state index < -0.39 is 0 Å². The van der Waals surface area contributed by atoms with Crippen LogP contribution in [0.15, 0.2) is 22.8 Å². The van der Waals surface area contributed by atoms with E-state index in [-0.39, 0.29) is 11.8 Å². The number of rotatable bonds is 6. The summed E-state index contributed by atoms with van der Waals surface area (Å²) in [4.78, 5) is 15.9. The Kier molecular flexibility index (Phi) is 5.63. The monoisotopic (exact) mass is 348 g/mol. The standard InChI is InChI=1S/C17H24N4O2S/c1-12(2)16-15(24-20-19-16)9-18-17(22)13-5-3-7-21(10-13)11-14-6-4-8-23-14/h4,6,8,12-13H,3,5,7,9-11H2,1-2H3,(H,18,22)/t13-/m0/s1. The summed E-state index contributed by atoms with van der Waals surface area (Å²) in [5.74, 6) is 1.45. The van der Waals surface area contributed by atoms with E-state index in [0.717, 1.165) is 48.8 Å². The lowest BCUT2D eigenvalue weighted by Crippen LogP contribution is -2.42. The lowest BCUT2D eigenvalue weighted by molar-refractivity contribution is -0.127. The molecule has 0 aliphatic carbocycles. The number of carbonyl (C=O) groups excluding carboxylic acids is 1. The molecule has 1 aliphatic heterocycles. The molecule has 0 spiro atoms. The summed E-state index contributed by atoms with van der Waals surface area (Å²) < 4.78 is 9.42. The first-order valence-corrected chi connectivity index (χ1v) is 9.24. The third kappa shape index (κ3) is 4.21. The minimum absolute atomic E-state index is 0.0390. The van der Waals surface area contributed by atoms with Crippen molar-refractivity contribution in [2.45, 2.75) is 45.7 Å². The Labute approximate surface area is 146 Å². The molecule has 3 heterocycles. The van der Waals surface area contributed by atoms with Gasteiger partial charge in [-0.2, -0.15) is 0 Å². The summed E-state index contributed by atoms with van der Waals surface area (Å²) in [7, 11) is 0. The summed E-state index contributed by atoms with van der Waals surface area (Å²) in [5, 5.41) is 7.23. The number of piperidine rings is 1. The molecule has 0 bridgehead atoms. The fourth-order valence-corrected chi connectivity index (χ4v) is 3.86. The molecule has 1 atom stereocenters. The second kappa shape index (κ2) is 7.90. The molecule has 1 N–H and O–H groups in total. The molecule has 0 aromatic carbocycles. The van der Waals surface area contributed by atoms with Gasteiger partial charge in [-0.1, -0.05) is 18.3 Å². The van der Waals surface area contributed by atoms with Crippen LogP contribution >= 0.6 is 11.5 Å². The van der Waals surface area contributed by atoms with Crippen LogP contribution in [0.1, 0.15) is 48.9 Å². The number of hydrogen-bond acceptors (Lipinski definition) is 6. The number of amides is 1. The van der Waals surface area contributed by atoms with E-state index in [1.165, 1.54) is 11.5 Å². The maximum atomic E-state index is 12.5. The van der Waals surface area contributed by atoms with E-state index in [1.807, 2.05) is 12.1 Å². The first kappa shape index (κ1) is 17.1. The Hall–Kier alpha value is -1.73. The van der Waals surface area contributed by atoms with Gasteiger partial charge in [0.2, 0.25) is 5.91 Å². The van der Waals surface area contributed by atoms with Gasteiger partial charge in [-0.3, -0.25) is 9.69 Å². The van der Waals surface area contributed by atoms with Crippen LogP contribution in [-0.2, 0) is 17.9 Å². The fourth-order valence-electron chi connectivity index (χ4n) is 3.12. The third-order valence-electron chi connectivity index (χ3n) is 4.39. The van der Waals surface area contributed by atoms with Gasteiger partial charge in [0.15, 0.2) is 0 Å². The molecule has 0 unspecified atom stereocenters. The van der Waals surface area contributed by atoms with Crippen LogP contribution in [-0.4, -0.2) is 33.5 Å². The Morgan fingerprint density at radius 1 is 1.54 bits per heavy atom. The molecule has 24 heavy (non-hydrogen) atoms. The first-order chi connectivity index (χ1) is 11.6. The summed E-state index contributed by atoms with van der Waals surface area (Å²) in [6.45, 7) is 7.28. The molecule has 7 heteroatoms. The van der Waals surface area contributed by atoms with Gasteiger partial charge >= 0.3 is 0 Å². The highest BCUT2D eigenvalue weighted by atomic mass is 32.1. The smallest absolute Gasteiger partial charge is 0.224 e. The molecule has 1 saturated heterocycles. The Morgan fingerprint density at radius 3 is 3.17 bits per heavy atom. The van der Waals surface area contributed by atoms with Crippen LogP contribution in [0, 0.1) is 5.92 Å². The number of aromatic nitrogens is 2. The van der Waals surface area contributed by atoms with E-state index in [4.69, 9.17) is 4.42 Å². The molecule has 2 aromatic heterocycles. The van der Waals surface area contributed by atoms with E-state index in [1.54, 1.807) is 6.26 Å². The molecule has 0 saturated carbocycles. The number of likely N-dealkylation sites (tertiary alicyclic amines) is 1. The number of carbonyl (C=O) groups is 1. The van der Waals surface area contributed by atoms with Crippen molar-refractivity contribution < 1.29 is 9.21 Å². The van der Waals surface area contributed by atoms with Crippen LogP contribution in [0.5, 0.6) is 0 Å². The summed E-state index contributed by atoms with van der Waals surface area (Å²) in [6.07, 6.45) is 3.68. The third-order valence-corrected chi connectivity index (χ3v) is 5.13. The van der Waals surface area contributed by atoms with Crippen LogP contribution in [0.25, 0.3) is 0 Å². The fraction of sp³-hybridized carbons (Fsp3) is 0.588. The Bertz CT molecular complexity index is 653. The topological polar surface area (TPSA) is 71.3 Å². The lowest BCUT2D eigenvalue weighted by atomic mass is 9.97. The predicted molar refractivity (Wildman–Crippen MR) is 92.6 cm³/mol. The van der Waals surface area contributed by atoms with Crippen molar-refractivity contribution in [3.05, 3.63) is 34.7 Å². The zero-order valence-corrected chi connectivity index (χ0v) is 15.0. The number of hydrogen-bond donors (Lipinski definition) is 1. The highest BCUT2D eigenvalue weighted by molar-refractivity contribution is 7.05. The van der Waals surface area contributed by atoms with Crippen LogP contribution in [0.4, 0.5) is 0 Å². The van der Waals surface area contributed by atoms with Crippen molar-refractivity contribution in [2.24, 2.45) is 5.92 Å². The van der Waals surface area contributed by atoms with E-state index >= 15 is 0 Å². The average Bonchev–Trinajstić information content (AvgIpc) is 3.24. The summed E-state index contributed by atoms with van der Waals surface area (Å²) >= 11 is 1.37. The molecule has 3 rings (SSSR count). The molecule has 1 aliphatic rings. The Morgan fingerprint density at radius 2 is 2.42 bits per heavy atom. The van der Waals surface area contributed by atoms with E-state index in [0.29, 0.717) is 12.5 Å². The summed E-state index contributed by atoms with van der Waals surface area (Å²) in [5.41, 5.74) is 0.989. The van der Waals surface area contributed by atoms with E-state index in [2.05, 4.69) is 33.7 Å². The maximum Gasteiger partial charge on any atom is 0.224 e. The molecule has 6 nitrogen and oxygen atoms in total. The van der Waals surface area contributed by atoms with Gasteiger partial charge in [0, 0.05) is 6.54 Å². The quantitative estimate of drug-likeness (QED) is 0.869. The van der Waals surface area contributed by atoms with Crippen LogP contribution in [0.3, 0.4) is 0 Å². The average molecular weight is 348 g/mol. The van der Waals surface area contributed by atoms with Crippen molar-refractivity contribution in [3.8, 4) is 0 Å². The normalized spacial score (nSPS) is 18.9. The van der Waals surface area contributed by atoms with Gasteiger partial charge in [-0.25, -0.2) is 0 Å². The van der Waals surface area contributed by atoms with Gasteiger partial charge < -0.3 is 9.73 Å². The van der Waals surface area contributed by atoms with Crippen molar-refractivity contribution >= 4 is 17.4 Å². The molecule has 0 radical (unpaired) electrons.